The highest BCUT2D eigenvalue weighted by atomic mass is 32.2. The van der Waals surface area contributed by atoms with Crippen molar-refractivity contribution in [1.82, 2.24) is 15.1 Å². The van der Waals surface area contributed by atoms with Gasteiger partial charge in [0.25, 0.3) is 15.9 Å². The van der Waals surface area contributed by atoms with Crippen molar-refractivity contribution < 1.29 is 45.4 Å². The van der Waals surface area contributed by atoms with E-state index in [1.165, 1.54) is 36.0 Å². The first-order chi connectivity index (χ1) is 18.5. The lowest BCUT2D eigenvalue weighted by molar-refractivity contribution is -0.242. The molecule has 0 fully saturated rings. The highest BCUT2D eigenvalue weighted by Crippen LogP contribution is 2.43. The van der Waals surface area contributed by atoms with Crippen LogP contribution in [-0.4, -0.2) is 67.3 Å². The van der Waals surface area contributed by atoms with E-state index in [2.05, 4.69) is 20.5 Å². The highest BCUT2D eigenvalue weighted by Gasteiger charge is 2.51. The van der Waals surface area contributed by atoms with Crippen LogP contribution in [0.5, 0.6) is 11.6 Å². The maximum absolute atomic E-state index is 14.1. The van der Waals surface area contributed by atoms with Gasteiger partial charge >= 0.3 is 12.3 Å². The number of benzene rings is 1. The van der Waals surface area contributed by atoms with E-state index < -0.39 is 40.0 Å². The predicted octanol–water partition coefficient (Wildman–Crippen LogP) is 3.67. The van der Waals surface area contributed by atoms with Crippen LogP contribution in [0, 0.1) is 0 Å². The molecule has 1 aromatic carbocycles. The molecule has 222 valence electrons. The molecule has 1 aliphatic heterocycles. The van der Waals surface area contributed by atoms with E-state index in [0.717, 1.165) is 4.31 Å². The number of carbonyl (C=O) groups excluding carboxylic acids is 2. The largest absolute Gasteiger partial charge is 0.484 e. The number of nitrogens with one attached hydrogen (secondary N) is 2. The standard InChI is InChI=1S/C24H32F3N5O7S/c1-7-31-13-20(21(30-31)37-8-2)40(35,36)32-14(3)19(12-28-15(4)33)38-18-10-9-16(11-17(18)32)29-22(34)39-23(5,6)24(25,26)27/h9-11,13-14,19H,7-8,12H2,1-6H3,(H,28,33)(H,29,34)/t14-,19+/m1/s1. The number of halogens is 3. The predicted molar refractivity (Wildman–Crippen MR) is 138 cm³/mol. The normalized spacial score (nSPS) is 17.5. The molecule has 0 unspecified atom stereocenters. The molecule has 2 amide bonds. The Morgan fingerprint density at radius 2 is 1.88 bits per heavy atom. The number of hydrogen-bond donors (Lipinski definition) is 2. The van der Waals surface area contributed by atoms with Gasteiger partial charge in [0.15, 0.2) is 4.90 Å². The summed E-state index contributed by atoms with van der Waals surface area (Å²) in [6.07, 6.45) is -5.71. The van der Waals surface area contributed by atoms with Gasteiger partial charge in [-0.15, -0.1) is 5.10 Å². The van der Waals surface area contributed by atoms with Crippen molar-refractivity contribution in [2.24, 2.45) is 0 Å². The van der Waals surface area contributed by atoms with Crippen LogP contribution in [-0.2, 0) is 26.1 Å². The van der Waals surface area contributed by atoms with E-state index in [0.29, 0.717) is 20.4 Å². The average Bonchev–Trinajstić information content (AvgIpc) is 3.25. The minimum Gasteiger partial charge on any atom is -0.484 e. The Morgan fingerprint density at radius 1 is 1.20 bits per heavy atom. The topological polar surface area (TPSA) is 141 Å². The Kier molecular flexibility index (Phi) is 8.81. The fourth-order valence-corrected chi connectivity index (χ4v) is 5.57. The number of alkyl halides is 3. The lowest BCUT2D eigenvalue weighted by Gasteiger charge is -2.40. The number of aromatic nitrogens is 2. The first-order valence-electron chi connectivity index (χ1n) is 12.4. The second-order valence-corrected chi connectivity index (χ2v) is 11.2. The molecule has 0 bridgehead atoms. The van der Waals surface area contributed by atoms with Crippen LogP contribution < -0.4 is 24.4 Å². The molecular weight excluding hydrogens is 559 g/mol. The quantitative estimate of drug-likeness (QED) is 0.450. The van der Waals surface area contributed by atoms with Crippen LogP contribution in [0.1, 0.15) is 41.5 Å². The van der Waals surface area contributed by atoms with E-state index in [1.54, 1.807) is 20.8 Å². The molecule has 16 heteroatoms. The Morgan fingerprint density at radius 3 is 2.45 bits per heavy atom. The molecule has 2 heterocycles. The van der Waals surface area contributed by atoms with E-state index in [4.69, 9.17) is 9.47 Å². The summed E-state index contributed by atoms with van der Waals surface area (Å²) < 4.78 is 86.2. The summed E-state index contributed by atoms with van der Waals surface area (Å²) in [5.74, 6) is -0.374. The highest BCUT2D eigenvalue weighted by molar-refractivity contribution is 7.93. The zero-order chi connectivity index (χ0) is 30.0. The zero-order valence-corrected chi connectivity index (χ0v) is 23.6. The molecule has 0 radical (unpaired) electrons. The van der Waals surface area contributed by atoms with Gasteiger partial charge in [0.05, 0.1) is 24.9 Å². The maximum Gasteiger partial charge on any atom is 0.427 e. The van der Waals surface area contributed by atoms with Gasteiger partial charge in [-0.1, -0.05) is 0 Å². The molecule has 2 N–H and O–H groups in total. The van der Waals surface area contributed by atoms with Gasteiger partial charge in [-0.05, 0) is 52.8 Å². The average molecular weight is 592 g/mol. The van der Waals surface area contributed by atoms with Crippen LogP contribution in [0.2, 0.25) is 0 Å². The molecule has 0 saturated carbocycles. The molecule has 0 saturated heterocycles. The molecular formula is C24H32F3N5O7S. The minimum absolute atomic E-state index is 0.00819. The van der Waals surface area contributed by atoms with E-state index >= 15 is 0 Å². The molecule has 0 spiro atoms. The monoisotopic (exact) mass is 591 g/mol. The maximum atomic E-state index is 14.1. The van der Waals surface area contributed by atoms with Crippen molar-refractivity contribution in [1.29, 1.82) is 0 Å². The van der Waals surface area contributed by atoms with Crippen LogP contribution >= 0.6 is 0 Å². The third-order valence-corrected chi connectivity index (χ3v) is 7.93. The van der Waals surface area contributed by atoms with Crippen molar-refractivity contribution in [2.75, 3.05) is 22.8 Å². The second-order valence-electron chi connectivity index (χ2n) is 9.43. The summed E-state index contributed by atoms with van der Waals surface area (Å²) in [4.78, 5) is 23.6. The molecule has 0 aliphatic carbocycles. The van der Waals surface area contributed by atoms with Gasteiger partial charge < -0.3 is 19.5 Å². The van der Waals surface area contributed by atoms with Gasteiger partial charge in [-0.25, -0.2) is 13.2 Å². The van der Waals surface area contributed by atoms with Gasteiger partial charge in [0.1, 0.15) is 11.9 Å². The van der Waals surface area contributed by atoms with Gasteiger partial charge in [-0.2, -0.15) is 13.2 Å². The number of hydrogen-bond acceptors (Lipinski definition) is 8. The summed E-state index contributed by atoms with van der Waals surface area (Å²) in [6, 6.07) is 3.02. The summed E-state index contributed by atoms with van der Waals surface area (Å²) in [5.41, 5.74) is -2.83. The molecule has 2 aromatic rings. The molecule has 12 nitrogen and oxygen atoms in total. The number of rotatable bonds is 9. The number of nitrogens with zero attached hydrogens (tertiary/aromatic N) is 3. The third-order valence-electron chi connectivity index (χ3n) is 6.05. The zero-order valence-electron chi connectivity index (χ0n) is 22.8. The first-order valence-corrected chi connectivity index (χ1v) is 13.8. The molecule has 2 atom stereocenters. The number of amides is 2. The lowest BCUT2D eigenvalue weighted by Crippen LogP contribution is -2.54. The Balaban J connectivity index is 2.07. The number of fused-ring (bicyclic) bond motifs is 1. The van der Waals surface area contributed by atoms with Crippen LogP contribution in [0.25, 0.3) is 0 Å². The van der Waals surface area contributed by atoms with E-state index in [9.17, 15) is 31.2 Å². The minimum atomic E-state index is -4.82. The number of sulfonamides is 1. The van der Waals surface area contributed by atoms with Crippen molar-refractivity contribution in [2.45, 2.75) is 76.9 Å². The van der Waals surface area contributed by atoms with Crippen LogP contribution in [0.15, 0.2) is 29.3 Å². The first kappa shape index (κ1) is 30.8. The number of ether oxygens (including phenoxy) is 3. The summed E-state index contributed by atoms with van der Waals surface area (Å²) in [6.45, 7) is 8.21. The fourth-order valence-electron chi connectivity index (χ4n) is 3.80. The Bertz CT molecular complexity index is 1360. The summed E-state index contributed by atoms with van der Waals surface area (Å²) >= 11 is 0. The smallest absolute Gasteiger partial charge is 0.427 e. The van der Waals surface area contributed by atoms with Gasteiger partial charge in [0.2, 0.25) is 11.5 Å². The third kappa shape index (κ3) is 6.37. The fraction of sp³-hybridized carbons (Fsp3) is 0.542. The van der Waals surface area contributed by atoms with E-state index in [-0.39, 0.29) is 47.0 Å². The molecule has 1 aliphatic rings. The van der Waals surface area contributed by atoms with Crippen molar-refractivity contribution >= 4 is 33.4 Å². The molecule has 1 aromatic heterocycles. The van der Waals surface area contributed by atoms with Crippen molar-refractivity contribution in [3.63, 3.8) is 0 Å². The van der Waals surface area contributed by atoms with Gasteiger partial charge in [0, 0.05) is 25.4 Å². The summed E-state index contributed by atoms with van der Waals surface area (Å²) in [7, 11) is -4.39. The Hall–Kier alpha value is -3.69. The van der Waals surface area contributed by atoms with Crippen molar-refractivity contribution in [3.05, 3.63) is 24.4 Å². The second kappa shape index (κ2) is 11.4. The summed E-state index contributed by atoms with van der Waals surface area (Å²) in [5, 5.41) is 9.00. The van der Waals surface area contributed by atoms with Gasteiger partial charge in [-0.3, -0.25) is 19.1 Å². The Labute approximate surface area is 229 Å². The van der Waals surface area contributed by atoms with E-state index in [1.807, 2.05) is 0 Å². The van der Waals surface area contributed by atoms with Crippen molar-refractivity contribution in [3.8, 4) is 11.6 Å². The number of carbonyl (C=O) groups is 2. The lowest BCUT2D eigenvalue weighted by atomic mass is 10.1. The van der Waals surface area contributed by atoms with Crippen LogP contribution in [0.4, 0.5) is 29.3 Å². The SMILES string of the molecule is CCOc1nn(CC)cc1S(=O)(=O)N1c2cc(NC(=O)OC(C)(C)C(F)(F)F)ccc2O[C@@H](CNC(C)=O)[C@H]1C. The molecule has 3 rings (SSSR count). The number of anilines is 2. The molecule has 40 heavy (non-hydrogen) atoms. The number of aryl methyl sites for hydroxylation is 1. The van der Waals surface area contributed by atoms with Crippen LogP contribution in [0.3, 0.4) is 0 Å².